The van der Waals surface area contributed by atoms with E-state index in [1.807, 2.05) is 5.43 Å². The van der Waals surface area contributed by atoms with Crippen LogP contribution in [0.25, 0.3) is 0 Å². The van der Waals surface area contributed by atoms with E-state index in [1.165, 1.54) is 36.4 Å². The van der Waals surface area contributed by atoms with Crippen molar-refractivity contribution in [3.63, 3.8) is 0 Å². The van der Waals surface area contributed by atoms with Gasteiger partial charge in [-0.2, -0.15) is 10.2 Å². The van der Waals surface area contributed by atoms with Crippen molar-refractivity contribution in [2.24, 2.45) is 10.2 Å². The molecule has 14 heteroatoms. The molecule has 0 spiro atoms. The number of carbonyl (C=O) groups excluding carboxylic acids is 2. The lowest BCUT2D eigenvalue weighted by Crippen LogP contribution is -2.24. The van der Waals surface area contributed by atoms with Gasteiger partial charge in [-0.05, 0) is 47.5 Å². The van der Waals surface area contributed by atoms with Gasteiger partial charge in [0.1, 0.15) is 11.6 Å². The Morgan fingerprint density at radius 2 is 1.03 bits per heavy atom. The van der Waals surface area contributed by atoms with Crippen LogP contribution in [0, 0.1) is 11.6 Å². The zero-order valence-corrected chi connectivity index (χ0v) is 17.1. The van der Waals surface area contributed by atoms with Crippen molar-refractivity contribution in [3.8, 4) is 0 Å². The number of rotatable bonds is 8. The third kappa shape index (κ3) is 8.45. The molecule has 2 aromatic rings. The molecule has 4 N–H and O–H groups in total. The van der Waals surface area contributed by atoms with Gasteiger partial charge in [-0.1, -0.05) is 24.3 Å². The Balaban J connectivity index is 0.000000320. The van der Waals surface area contributed by atoms with Crippen molar-refractivity contribution in [1.29, 1.82) is 0 Å². The molecular weight excluding hydrogens is 477 g/mol. The number of nitrogens with zero attached hydrogens (tertiary/aromatic N) is 2. The van der Waals surface area contributed by atoms with E-state index in [-0.39, 0.29) is 11.4 Å². The first-order valence-corrected chi connectivity index (χ1v) is 8.82. The Hall–Kier alpha value is -3.90. The molecule has 0 heterocycles. The third-order valence-corrected chi connectivity index (χ3v) is 3.46. The molecule has 0 unspecified atom stereocenters. The van der Waals surface area contributed by atoms with Crippen LogP contribution in [-0.4, -0.2) is 44.1 Å². The molecule has 2 rings (SSSR count). The Kier molecular flexibility index (Phi) is 10.4. The van der Waals surface area contributed by atoms with Crippen molar-refractivity contribution < 1.29 is 38.2 Å². The van der Waals surface area contributed by atoms with E-state index in [9.17, 15) is 28.0 Å². The molecule has 0 bridgehead atoms. The number of carboxylic acid groups (broad SMARTS) is 2. The maximum atomic E-state index is 13.1. The SMILES string of the molecule is O=C(Cl)C(=NNc1ccccc1F)C(=O)Cl.O=C(O)C(=NNc1ccccc1F)C(=O)O. The third-order valence-electron chi connectivity index (χ3n) is 3.10. The summed E-state index contributed by atoms with van der Waals surface area (Å²) in [5.41, 5.74) is 2.27. The average molecular weight is 489 g/mol. The second-order valence-corrected chi connectivity index (χ2v) is 5.95. The van der Waals surface area contributed by atoms with Crippen LogP contribution in [0.4, 0.5) is 20.2 Å². The number of hydrogen-bond donors (Lipinski definition) is 4. The first kappa shape index (κ1) is 26.1. The molecule has 0 saturated carbocycles. The minimum Gasteiger partial charge on any atom is -0.476 e. The summed E-state index contributed by atoms with van der Waals surface area (Å²) in [6.07, 6.45) is 0. The molecule has 0 fully saturated rings. The summed E-state index contributed by atoms with van der Waals surface area (Å²) in [6.45, 7) is 0. The Morgan fingerprint density at radius 3 is 1.34 bits per heavy atom. The number of hydrogen-bond acceptors (Lipinski definition) is 8. The minimum atomic E-state index is -1.71. The van der Waals surface area contributed by atoms with E-state index in [1.54, 1.807) is 6.07 Å². The van der Waals surface area contributed by atoms with Crippen LogP contribution in [0.5, 0.6) is 0 Å². The number of carbonyl (C=O) groups is 4. The van der Waals surface area contributed by atoms with Crippen molar-refractivity contribution in [2.45, 2.75) is 0 Å². The van der Waals surface area contributed by atoms with E-state index < -0.39 is 45.5 Å². The fourth-order valence-corrected chi connectivity index (χ4v) is 1.99. The number of halogens is 4. The van der Waals surface area contributed by atoms with E-state index in [4.69, 9.17) is 33.4 Å². The molecular formula is C18H12Cl2F2N4O6. The summed E-state index contributed by atoms with van der Waals surface area (Å²) in [5, 5.41) is 21.0. The van der Waals surface area contributed by atoms with E-state index in [2.05, 4.69) is 15.6 Å². The molecule has 0 aliphatic carbocycles. The Bertz CT molecular complexity index is 977. The van der Waals surface area contributed by atoms with Gasteiger partial charge in [0.05, 0.1) is 11.4 Å². The van der Waals surface area contributed by atoms with E-state index in [0.29, 0.717) is 0 Å². The van der Waals surface area contributed by atoms with Crippen LogP contribution in [0.15, 0.2) is 58.7 Å². The zero-order chi connectivity index (χ0) is 24.3. The van der Waals surface area contributed by atoms with E-state index in [0.717, 1.165) is 6.07 Å². The number of anilines is 2. The quantitative estimate of drug-likeness (QED) is 0.191. The molecule has 10 nitrogen and oxygen atoms in total. The zero-order valence-electron chi connectivity index (χ0n) is 15.6. The molecule has 0 aliphatic heterocycles. The van der Waals surface area contributed by atoms with Crippen molar-refractivity contribution >= 4 is 68.4 Å². The number of benzene rings is 2. The highest BCUT2D eigenvalue weighted by molar-refractivity contribution is 7.01. The van der Waals surface area contributed by atoms with E-state index >= 15 is 0 Å². The van der Waals surface area contributed by atoms with Crippen LogP contribution in [0.2, 0.25) is 0 Å². The van der Waals surface area contributed by atoms with Gasteiger partial charge in [0.25, 0.3) is 16.2 Å². The standard InChI is InChI=1S/C9H5Cl2FN2O2.C9H7FN2O4/c10-8(15)7(9(11)16)14-13-6-4-2-1-3-5(6)12;10-5-3-1-2-4-6(5)11-12-7(8(13)14)9(15)16/h1-4,13H;1-4,11H,(H,13,14)(H,15,16). The van der Waals surface area contributed by atoms with Gasteiger partial charge in [0.2, 0.25) is 5.71 Å². The molecule has 0 saturated heterocycles. The van der Waals surface area contributed by atoms with Crippen molar-refractivity contribution in [3.05, 3.63) is 60.2 Å². The highest BCUT2D eigenvalue weighted by Gasteiger charge is 2.18. The number of para-hydroxylation sites is 2. The van der Waals surface area contributed by atoms with Crippen molar-refractivity contribution in [1.82, 2.24) is 0 Å². The summed E-state index contributed by atoms with van der Waals surface area (Å²) in [6, 6.07) is 10.9. The topological polar surface area (TPSA) is 158 Å². The van der Waals surface area contributed by atoms with Gasteiger partial charge in [0.15, 0.2) is 0 Å². The Morgan fingerprint density at radius 1 is 0.688 bits per heavy atom. The van der Waals surface area contributed by atoms with Gasteiger partial charge < -0.3 is 10.2 Å². The normalized spacial score (nSPS) is 9.38. The molecule has 0 radical (unpaired) electrons. The fraction of sp³-hybridized carbons (Fsp3) is 0. The summed E-state index contributed by atoms with van der Waals surface area (Å²) in [5.74, 6) is -4.68. The molecule has 168 valence electrons. The second-order valence-electron chi connectivity index (χ2n) is 5.26. The lowest BCUT2D eigenvalue weighted by atomic mass is 10.3. The monoisotopic (exact) mass is 488 g/mol. The average Bonchev–Trinajstić information content (AvgIpc) is 2.70. The highest BCUT2D eigenvalue weighted by atomic mass is 35.5. The summed E-state index contributed by atoms with van der Waals surface area (Å²) in [7, 11) is 0. The maximum Gasteiger partial charge on any atom is 0.364 e. The van der Waals surface area contributed by atoms with Crippen LogP contribution in [0.3, 0.4) is 0 Å². The molecule has 0 amide bonds. The molecule has 32 heavy (non-hydrogen) atoms. The lowest BCUT2D eigenvalue weighted by molar-refractivity contribution is -0.134. The summed E-state index contributed by atoms with van der Waals surface area (Å²) >= 11 is 10.1. The predicted octanol–water partition coefficient (Wildman–Crippen LogP) is 2.89. The lowest BCUT2D eigenvalue weighted by Gasteiger charge is -2.01. The van der Waals surface area contributed by atoms with Gasteiger partial charge in [-0.3, -0.25) is 20.4 Å². The largest absolute Gasteiger partial charge is 0.476 e. The number of aliphatic carboxylic acids is 2. The first-order valence-electron chi connectivity index (χ1n) is 8.07. The fourth-order valence-electron chi connectivity index (χ4n) is 1.69. The number of carboxylic acids is 2. The van der Waals surface area contributed by atoms with Crippen LogP contribution < -0.4 is 10.9 Å². The smallest absolute Gasteiger partial charge is 0.364 e. The maximum absolute atomic E-state index is 13.1. The molecule has 0 aromatic heterocycles. The summed E-state index contributed by atoms with van der Waals surface area (Å²) in [4.78, 5) is 42.2. The second kappa shape index (κ2) is 12.7. The molecule has 0 aliphatic rings. The highest BCUT2D eigenvalue weighted by Crippen LogP contribution is 2.13. The molecule has 2 aromatic carbocycles. The number of nitrogens with one attached hydrogen (secondary N) is 2. The first-order chi connectivity index (χ1) is 15.0. The van der Waals surface area contributed by atoms with Crippen molar-refractivity contribution in [2.75, 3.05) is 10.9 Å². The Labute approximate surface area is 188 Å². The minimum absolute atomic E-state index is 0.00386. The van der Waals surface area contributed by atoms with Crippen LogP contribution in [-0.2, 0) is 19.2 Å². The van der Waals surface area contributed by atoms with Gasteiger partial charge in [-0.25, -0.2) is 18.4 Å². The van der Waals surface area contributed by atoms with Gasteiger partial charge in [-0.15, -0.1) is 0 Å². The summed E-state index contributed by atoms with van der Waals surface area (Å²) < 4.78 is 26.1. The van der Waals surface area contributed by atoms with Crippen LogP contribution >= 0.6 is 23.2 Å². The van der Waals surface area contributed by atoms with Crippen LogP contribution in [0.1, 0.15) is 0 Å². The van der Waals surface area contributed by atoms with Gasteiger partial charge >= 0.3 is 11.9 Å². The predicted molar refractivity (Wildman–Crippen MR) is 112 cm³/mol. The van der Waals surface area contributed by atoms with Gasteiger partial charge in [0, 0.05) is 0 Å². The number of hydrazone groups is 2. The molecule has 0 atom stereocenters.